The van der Waals surface area contributed by atoms with Gasteiger partial charge in [-0.2, -0.15) is 13.2 Å². The van der Waals surface area contributed by atoms with E-state index in [4.69, 9.17) is 0 Å². The minimum Gasteiger partial charge on any atom is -0.349 e. The molecule has 6 nitrogen and oxygen atoms in total. The second kappa shape index (κ2) is 13.5. The quantitative estimate of drug-likeness (QED) is 0.236. The number of sulfonamides is 1. The number of halogens is 3. The van der Waals surface area contributed by atoms with Crippen LogP contribution >= 0.6 is 0 Å². The minimum absolute atomic E-state index is 0.223. The maximum atomic E-state index is 13.4. The topological polar surface area (TPSA) is 75.3 Å². The highest BCUT2D eigenvalue weighted by Crippen LogP contribution is 2.34. The Balaban J connectivity index is 1.30. The zero-order chi connectivity index (χ0) is 32.2. The Kier molecular flexibility index (Phi) is 9.86. The summed E-state index contributed by atoms with van der Waals surface area (Å²) in [5.41, 5.74) is 3.93. The molecule has 0 unspecified atom stereocenters. The van der Waals surface area contributed by atoms with Gasteiger partial charge in [-0.1, -0.05) is 61.2 Å². The van der Waals surface area contributed by atoms with Crippen molar-refractivity contribution < 1.29 is 30.9 Å². The second-order valence-electron chi connectivity index (χ2n) is 12.6. The number of hydrogen-bond acceptors (Lipinski definition) is 3. The number of benzene rings is 3. The van der Waals surface area contributed by atoms with Crippen LogP contribution in [0.3, 0.4) is 0 Å². The van der Waals surface area contributed by atoms with Crippen LogP contribution in [0.2, 0.25) is 0 Å². The Labute approximate surface area is 264 Å². The molecule has 1 aliphatic heterocycles. The number of aryl methyl sites for hydroxylation is 1. The summed E-state index contributed by atoms with van der Waals surface area (Å²) in [5.74, 6) is -0.357. The highest BCUT2D eigenvalue weighted by molar-refractivity contribution is 7.89. The number of likely N-dealkylation sites (N-methyl/N-ethyl adjacent to an activating group) is 1. The van der Waals surface area contributed by atoms with E-state index in [1.165, 1.54) is 24.8 Å². The standard InChI is InChI=1S/C35H40F3N3O3S/c1-25(24-41(2)19-7-4-8-20-41)27-17-18-31-28(21-27)13-9-16-32(31)39-34(42)23-33(26-11-5-3-6-12-26)40-45(43,44)30-15-10-14-29(22-30)35(36,37)38/h3,5-6,10-12,14-15,17-18,21-22,32-33,40H,1,4,7-9,13,16,19-20,23-24H2,2H3/p+1/t32-,33-/m1/s1. The molecule has 45 heavy (non-hydrogen) atoms. The monoisotopic (exact) mass is 640 g/mol. The molecule has 3 aromatic rings. The van der Waals surface area contributed by atoms with E-state index in [9.17, 15) is 26.4 Å². The van der Waals surface area contributed by atoms with Gasteiger partial charge in [0.25, 0.3) is 0 Å². The molecule has 1 saturated heterocycles. The molecule has 1 amide bonds. The molecule has 0 aromatic heterocycles. The molecule has 1 aliphatic carbocycles. The van der Waals surface area contributed by atoms with Crippen molar-refractivity contribution in [3.05, 3.63) is 107 Å². The van der Waals surface area contributed by atoms with E-state index in [0.29, 0.717) is 11.6 Å². The average Bonchev–Trinajstić information content (AvgIpc) is 3.01. The van der Waals surface area contributed by atoms with Gasteiger partial charge >= 0.3 is 6.18 Å². The second-order valence-corrected chi connectivity index (χ2v) is 14.3. The number of likely N-dealkylation sites (tertiary alicyclic amines) is 1. The number of hydrogen-bond donors (Lipinski definition) is 2. The first-order chi connectivity index (χ1) is 21.3. The molecular formula is C35H41F3N3O3S+. The molecule has 240 valence electrons. The van der Waals surface area contributed by atoms with Gasteiger partial charge in [0.1, 0.15) is 6.54 Å². The van der Waals surface area contributed by atoms with Crippen molar-refractivity contribution in [3.8, 4) is 0 Å². The smallest absolute Gasteiger partial charge is 0.349 e. The molecule has 2 N–H and O–H groups in total. The lowest BCUT2D eigenvalue weighted by Crippen LogP contribution is -2.48. The number of quaternary nitrogens is 1. The lowest BCUT2D eigenvalue weighted by molar-refractivity contribution is -0.906. The molecule has 0 radical (unpaired) electrons. The fourth-order valence-corrected chi connectivity index (χ4v) is 7.89. The Bertz CT molecular complexity index is 1630. The summed E-state index contributed by atoms with van der Waals surface area (Å²) in [6, 6.07) is 17.3. The fourth-order valence-electron chi connectivity index (χ4n) is 6.62. The first-order valence-electron chi connectivity index (χ1n) is 15.5. The number of piperidine rings is 1. The molecule has 3 aromatic carbocycles. The number of fused-ring (bicyclic) bond motifs is 1. The van der Waals surface area contributed by atoms with Crippen LogP contribution in [0.1, 0.15) is 78.4 Å². The van der Waals surface area contributed by atoms with Crippen LogP contribution < -0.4 is 10.0 Å². The van der Waals surface area contributed by atoms with E-state index in [0.717, 1.165) is 78.3 Å². The third kappa shape index (κ3) is 8.23. The molecule has 2 aliphatic rings. The highest BCUT2D eigenvalue weighted by atomic mass is 32.2. The zero-order valence-electron chi connectivity index (χ0n) is 25.6. The third-order valence-electron chi connectivity index (χ3n) is 9.03. The van der Waals surface area contributed by atoms with Gasteiger partial charge in [-0.05, 0) is 79.0 Å². The number of amides is 1. The Morgan fingerprint density at radius 3 is 2.42 bits per heavy atom. The number of nitrogens with zero attached hydrogens (tertiary/aromatic N) is 1. The van der Waals surface area contributed by atoms with Crippen LogP contribution in [0.25, 0.3) is 5.57 Å². The van der Waals surface area contributed by atoms with Crippen molar-refractivity contribution >= 4 is 21.5 Å². The normalized spacial score (nSPS) is 18.9. The van der Waals surface area contributed by atoms with E-state index in [-0.39, 0.29) is 18.4 Å². The summed E-state index contributed by atoms with van der Waals surface area (Å²) < 4.78 is 69.8. The van der Waals surface area contributed by atoms with Crippen LogP contribution in [0.4, 0.5) is 13.2 Å². The van der Waals surface area contributed by atoms with Crippen molar-refractivity contribution in [3.63, 3.8) is 0 Å². The van der Waals surface area contributed by atoms with Crippen molar-refractivity contribution in [2.24, 2.45) is 0 Å². The summed E-state index contributed by atoms with van der Waals surface area (Å²) >= 11 is 0. The molecule has 0 spiro atoms. The van der Waals surface area contributed by atoms with Gasteiger partial charge in [0.2, 0.25) is 15.9 Å². The summed E-state index contributed by atoms with van der Waals surface area (Å²) in [5, 5.41) is 3.10. The van der Waals surface area contributed by atoms with Crippen LogP contribution in [-0.4, -0.2) is 45.5 Å². The Morgan fingerprint density at radius 2 is 1.71 bits per heavy atom. The average molecular weight is 641 g/mol. The van der Waals surface area contributed by atoms with Crippen LogP contribution in [0.15, 0.2) is 84.3 Å². The number of rotatable bonds is 10. The molecular weight excluding hydrogens is 599 g/mol. The minimum atomic E-state index is -4.69. The van der Waals surface area contributed by atoms with Crippen LogP contribution in [-0.2, 0) is 27.4 Å². The van der Waals surface area contributed by atoms with E-state index in [1.807, 2.05) is 0 Å². The van der Waals surface area contributed by atoms with Gasteiger partial charge in [-0.15, -0.1) is 0 Å². The summed E-state index contributed by atoms with van der Waals surface area (Å²) in [4.78, 5) is 12.9. The first kappa shape index (κ1) is 32.9. The highest BCUT2D eigenvalue weighted by Gasteiger charge is 2.33. The predicted octanol–water partition coefficient (Wildman–Crippen LogP) is 6.95. The van der Waals surface area contributed by atoms with Gasteiger partial charge in [0, 0.05) is 12.0 Å². The van der Waals surface area contributed by atoms with Gasteiger partial charge in [0.15, 0.2) is 0 Å². The van der Waals surface area contributed by atoms with E-state index in [2.05, 4.69) is 41.9 Å². The van der Waals surface area contributed by atoms with Gasteiger partial charge in [-0.3, -0.25) is 4.79 Å². The summed E-state index contributed by atoms with van der Waals surface area (Å²) in [6.45, 7) is 7.66. The van der Waals surface area contributed by atoms with Crippen LogP contribution in [0, 0.1) is 0 Å². The molecule has 0 saturated carbocycles. The van der Waals surface area contributed by atoms with E-state index >= 15 is 0 Å². The number of nitrogens with one attached hydrogen (secondary N) is 2. The molecule has 1 heterocycles. The molecule has 0 bridgehead atoms. The zero-order valence-corrected chi connectivity index (χ0v) is 26.4. The van der Waals surface area contributed by atoms with Crippen LogP contribution in [0.5, 0.6) is 0 Å². The first-order valence-corrected chi connectivity index (χ1v) is 17.0. The van der Waals surface area contributed by atoms with Crippen molar-refractivity contribution in [1.29, 1.82) is 0 Å². The lowest BCUT2D eigenvalue weighted by atomic mass is 9.85. The van der Waals surface area contributed by atoms with Crippen molar-refractivity contribution in [2.45, 2.75) is 68.1 Å². The summed E-state index contributed by atoms with van der Waals surface area (Å²) in [7, 11) is -2.08. The molecule has 1 fully saturated rings. The van der Waals surface area contributed by atoms with Gasteiger partial charge in [0.05, 0.1) is 42.7 Å². The van der Waals surface area contributed by atoms with E-state index in [1.54, 1.807) is 30.3 Å². The maximum absolute atomic E-state index is 13.4. The van der Waals surface area contributed by atoms with E-state index < -0.39 is 32.7 Å². The third-order valence-corrected chi connectivity index (χ3v) is 10.5. The Morgan fingerprint density at radius 1 is 0.978 bits per heavy atom. The van der Waals surface area contributed by atoms with Gasteiger partial charge in [-0.25, -0.2) is 13.1 Å². The maximum Gasteiger partial charge on any atom is 0.416 e. The van der Waals surface area contributed by atoms with Crippen molar-refractivity contribution in [2.75, 3.05) is 26.7 Å². The summed E-state index contributed by atoms with van der Waals surface area (Å²) in [6.07, 6.45) is 1.41. The number of carbonyl (C=O) groups is 1. The largest absolute Gasteiger partial charge is 0.416 e. The number of alkyl halides is 3. The SMILES string of the molecule is C=C(C[N+]1(C)CCCCC1)c1ccc2c(c1)CCC[C@H]2NC(=O)C[C@@H](NS(=O)(=O)c1cccc(C(F)(F)F)c1)c1ccccc1. The molecule has 10 heteroatoms. The molecule has 5 rings (SSSR count). The Hall–Kier alpha value is -3.47. The fraction of sp³-hybridized carbons (Fsp3) is 0.400. The predicted molar refractivity (Wildman–Crippen MR) is 169 cm³/mol. The van der Waals surface area contributed by atoms with Crippen molar-refractivity contribution in [1.82, 2.24) is 10.0 Å². The number of carbonyl (C=O) groups excluding carboxylic acids is 1. The van der Waals surface area contributed by atoms with Gasteiger partial charge < -0.3 is 9.80 Å². The lowest BCUT2D eigenvalue weighted by Gasteiger charge is -2.38. The molecule has 2 atom stereocenters.